The van der Waals surface area contributed by atoms with Gasteiger partial charge in [0.1, 0.15) is 9.71 Å². The number of hydrogen-bond donors (Lipinski definition) is 1. The minimum Gasteiger partial charge on any atom is -0.451 e. The van der Waals surface area contributed by atoms with Crippen LogP contribution in [0, 0.1) is 6.92 Å². The molecule has 9 heteroatoms. The zero-order valence-corrected chi connectivity index (χ0v) is 18.4. The average Bonchev–Trinajstić information content (AvgIpc) is 3.44. The van der Waals surface area contributed by atoms with Crippen LogP contribution in [-0.4, -0.2) is 33.2 Å². The van der Waals surface area contributed by atoms with Crippen molar-refractivity contribution in [3.63, 3.8) is 0 Å². The maximum Gasteiger partial charge on any atom is 0.348 e. The van der Waals surface area contributed by atoms with Crippen LogP contribution in [0.1, 0.15) is 27.9 Å². The number of aryl methyl sites for hydroxylation is 3. The Kier molecular flexibility index (Phi) is 5.65. The number of thiazole rings is 1. The first-order valence-electron chi connectivity index (χ1n) is 9.39. The molecular weight excluding hydrogens is 420 g/mol. The number of thiophene rings is 1. The first-order chi connectivity index (χ1) is 14.4. The molecule has 0 saturated heterocycles. The molecule has 0 unspecified atom stereocenters. The van der Waals surface area contributed by atoms with Crippen molar-refractivity contribution >= 4 is 49.9 Å². The molecule has 0 saturated carbocycles. The molecule has 30 heavy (non-hydrogen) atoms. The van der Waals surface area contributed by atoms with E-state index in [0.717, 1.165) is 33.6 Å². The molecule has 4 aromatic rings. The van der Waals surface area contributed by atoms with Gasteiger partial charge in [0.05, 0.1) is 11.4 Å². The lowest BCUT2D eigenvalue weighted by molar-refractivity contribution is -0.119. The number of hydrogen-bond acceptors (Lipinski definition) is 7. The summed E-state index contributed by atoms with van der Waals surface area (Å²) in [4.78, 5) is 30.3. The summed E-state index contributed by atoms with van der Waals surface area (Å²) in [6.07, 6.45) is 0.982. The number of nitrogens with one attached hydrogen (secondary N) is 1. The Labute approximate surface area is 181 Å². The minimum atomic E-state index is -0.526. The van der Waals surface area contributed by atoms with Crippen molar-refractivity contribution in [2.75, 3.05) is 11.9 Å². The van der Waals surface area contributed by atoms with Crippen LogP contribution in [0.4, 0.5) is 5.13 Å². The van der Waals surface area contributed by atoms with E-state index in [1.807, 2.05) is 31.5 Å². The molecule has 0 aliphatic heterocycles. The highest BCUT2D eigenvalue weighted by atomic mass is 32.1. The molecule has 154 valence electrons. The molecule has 1 aromatic carbocycles. The monoisotopic (exact) mass is 440 g/mol. The van der Waals surface area contributed by atoms with Crippen molar-refractivity contribution in [1.82, 2.24) is 14.8 Å². The first kappa shape index (κ1) is 20.2. The van der Waals surface area contributed by atoms with Crippen LogP contribution in [0.25, 0.3) is 21.5 Å². The van der Waals surface area contributed by atoms with Gasteiger partial charge < -0.3 is 4.74 Å². The van der Waals surface area contributed by atoms with Crippen molar-refractivity contribution in [2.45, 2.75) is 20.3 Å². The van der Waals surface area contributed by atoms with Crippen molar-refractivity contribution < 1.29 is 14.3 Å². The second kappa shape index (κ2) is 8.37. The van der Waals surface area contributed by atoms with Gasteiger partial charge in [-0.2, -0.15) is 5.10 Å². The molecule has 1 amide bonds. The SMILES string of the molecule is CCc1ccc(-c2csc(NC(=O)COC(=O)c3cc4c(C)nn(C)c4s3)n2)cc1. The van der Waals surface area contributed by atoms with E-state index in [4.69, 9.17) is 4.74 Å². The summed E-state index contributed by atoms with van der Waals surface area (Å²) in [5, 5.41) is 10.3. The molecule has 0 spiro atoms. The Morgan fingerprint density at radius 3 is 2.70 bits per heavy atom. The number of anilines is 1. The lowest BCUT2D eigenvalue weighted by Gasteiger charge is -2.03. The first-order valence-corrected chi connectivity index (χ1v) is 11.1. The zero-order valence-electron chi connectivity index (χ0n) is 16.8. The number of fused-ring (bicyclic) bond motifs is 1. The fourth-order valence-corrected chi connectivity index (χ4v) is 4.79. The normalized spacial score (nSPS) is 11.0. The molecule has 3 heterocycles. The van der Waals surface area contributed by atoms with Crippen LogP contribution >= 0.6 is 22.7 Å². The average molecular weight is 441 g/mol. The lowest BCUT2D eigenvalue weighted by atomic mass is 10.1. The van der Waals surface area contributed by atoms with E-state index < -0.39 is 11.9 Å². The van der Waals surface area contributed by atoms with E-state index in [2.05, 4.69) is 34.5 Å². The highest BCUT2D eigenvalue weighted by molar-refractivity contribution is 7.20. The lowest BCUT2D eigenvalue weighted by Crippen LogP contribution is -2.20. The van der Waals surface area contributed by atoms with Crippen molar-refractivity contribution in [1.29, 1.82) is 0 Å². The Bertz CT molecular complexity index is 1190. The number of carbonyl (C=O) groups is 2. The number of ether oxygens (including phenoxy) is 1. The van der Waals surface area contributed by atoms with E-state index in [9.17, 15) is 9.59 Å². The smallest absolute Gasteiger partial charge is 0.348 e. The van der Waals surface area contributed by atoms with Crippen LogP contribution < -0.4 is 5.32 Å². The van der Waals surface area contributed by atoms with Gasteiger partial charge in [0, 0.05) is 23.4 Å². The molecule has 0 aliphatic rings. The molecular formula is C21H20N4O3S2. The van der Waals surface area contributed by atoms with Gasteiger partial charge in [-0.25, -0.2) is 9.78 Å². The van der Waals surface area contributed by atoms with Gasteiger partial charge in [0.25, 0.3) is 5.91 Å². The predicted molar refractivity (Wildman–Crippen MR) is 119 cm³/mol. The Balaban J connectivity index is 1.34. The van der Waals surface area contributed by atoms with Crippen molar-refractivity contribution in [3.05, 3.63) is 51.8 Å². The van der Waals surface area contributed by atoms with Crippen LogP contribution in [0.3, 0.4) is 0 Å². The van der Waals surface area contributed by atoms with E-state index in [-0.39, 0.29) is 6.61 Å². The summed E-state index contributed by atoms with van der Waals surface area (Å²) >= 11 is 2.63. The number of aromatic nitrogens is 3. The summed E-state index contributed by atoms with van der Waals surface area (Å²) in [5.74, 6) is -0.953. The molecule has 0 fully saturated rings. The molecule has 7 nitrogen and oxygen atoms in total. The predicted octanol–water partition coefficient (Wildman–Crippen LogP) is 4.42. The number of esters is 1. The molecule has 0 aliphatic carbocycles. The van der Waals surface area contributed by atoms with Gasteiger partial charge in [-0.05, 0) is 25.0 Å². The van der Waals surface area contributed by atoms with Crippen molar-refractivity contribution in [3.8, 4) is 11.3 Å². The van der Waals surface area contributed by atoms with E-state index in [1.165, 1.54) is 28.2 Å². The fourth-order valence-electron chi connectivity index (χ4n) is 3.04. The van der Waals surface area contributed by atoms with Crippen LogP contribution in [0.5, 0.6) is 0 Å². The number of rotatable bonds is 6. The summed E-state index contributed by atoms with van der Waals surface area (Å²) in [7, 11) is 1.83. The summed E-state index contributed by atoms with van der Waals surface area (Å²) < 4.78 is 6.90. The van der Waals surface area contributed by atoms with E-state index >= 15 is 0 Å². The molecule has 3 aromatic heterocycles. The number of carbonyl (C=O) groups excluding carboxylic acids is 2. The second-order valence-corrected chi connectivity index (χ2v) is 8.64. The Morgan fingerprint density at radius 1 is 1.23 bits per heavy atom. The molecule has 0 bridgehead atoms. The minimum absolute atomic E-state index is 0.371. The number of nitrogens with zero attached hydrogens (tertiary/aromatic N) is 3. The maximum absolute atomic E-state index is 12.3. The third-order valence-electron chi connectivity index (χ3n) is 4.64. The van der Waals surface area contributed by atoms with E-state index in [0.29, 0.717) is 10.0 Å². The van der Waals surface area contributed by atoms with Gasteiger partial charge in [-0.15, -0.1) is 22.7 Å². The van der Waals surface area contributed by atoms with Gasteiger partial charge in [-0.1, -0.05) is 31.2 Å². The van der Waals surface area contributed by atoms with Gasteiger partial charge in [0.2, 0.25) is 0 Å². The van der Waals surface area contributed by atoms with Gasteiger partial charge in [0.15, 0.2) is 11.7 Å². The van der Waals surface area contributed by atoms with Crippen LogP contribution in [0.2, 0.25) is 0 Å². The molecule has 0 atom stereocenters. The zero-order chi connectivity index (χ0) is 21.3. The highest BCUT2D eigenvalue weighted by Gasteiger charge is 2.17. The Hall–Kier alpha value is -3.04. The summed E-state index contributed by atoms with van der Waals surface area (Å²) in [5.41, 5.74) is 3.90. The second-order valence-electron chi connectivity index (χ2n) is 6.75. The third kappa shape index (κ3) is 4.12. The number of amides is 1. The quantitative estimate of drug-likeness (QED) is 0.449. The largest absolute Gasteiger partial charge is 0.451 e. The van der Waals surface area contributed by atoms with Crippen molar-refractivity contribution in [2.24, 2.45) is 7.05 Å². The van der Waals surface area contributed by atoms with Crippen LogP contribution in [0.15, 0.2) is 35.7 Å². The highest BCUT2D eigenvalue weighted by Crippen LogP contribution is 2.28. The molecule has 1 N–H and O–H groups in total. The maximum atomic E-state index is 12.3. The number of benzene rings is 1. The third-order valence-corrected chi connectivity index (χ3v) is 6.58. The topological polar surface area (TPSA) is 86.1 Å². The fraction of sp³-hybridized carbons (Fsp3) is 0.238. The van der Waals surface area contributed by atoms with Gasteiger partial charge in [-0.3, -0.25) is 14.8 Å². The Morgan fingerprint density at radius 2 is 2.00 bits per heavy atom. The molecule has 4 rings (SSSR count). The van der Waals surface area contributed by atoms with Gasteiger partial charge >= 0.3 is 5.97 Å². The standard InChI is InChI=1S/C21H20N4O3S2/c1-4-13-5-7-14(8-6-13)16-11-29-21(22-16)23-18(26)10-28-20(27)17-9-15-12(2)24-25(3)19(15)30-17/h5-9,11H,4,10H2,1-3H3,(H,22,23,26). The van der Waals surface area contributed by atoms with Crippen LogP contribution in [-0.2, 0) is 23.0 Å². The molecule has 0 radical (unpaired) electrons. The summed E-state index contributed by atoms with van der Waals surface area (Å²) in [6.45, 7) is 3.62. The summed E-state index contributed by atoms with van der Waals surface area (Å²) in [6, 6.07) is 9.92. The van der Waals surface area contributed by atoms with E-state index in [1.54, 1.807) is 10.7 Å².